The van der Waals surface area contributed by atoms with Crippen molar-refractivity contribution in [3.63, 3.8) is 0 Å². The van der Waals surface area contributed by atoms with Crippen LogP contribution in [0.1, 0.15) is 91.9 Å². The first-order valence-electron chi connectivity index (χ1n) is 12.9. The molecule has 7 atom stereocenters. The Labute approximate surface area is 197 Å². The predicted molar refractivity (Wildman–Crippen MR) is 123 cm³/mol. The van der Waals surface area contributed by atoms with Crippen LogP contribution in [0.25, 0.3) is 0 Å². The van der Waals surface area contributed by atoms with Gasteiger partial charge in [0.05, 0.1) is 0 Å². The van der Waals surface area contributed by atoms with Crippen molar-refractivity contribution >= 4 is 17.5 Å². The number of ketones is 2. The van der Waals surface area contributed by atoms with Gasteiger partial charge in [0.15, 0.2) is 18.1 Å². The van der Waals surface area contributed by atoms with Crippen LogP contribution >= 0.6 is 0 Å². The molecule has 6 heteroatoms. The Morgan fingerprint density at radius 3 is 2.52 bits per heavy atom. The third-order valence-corrected chi connectivity index (χ3v) is 10.1. The van der Waals surface area contributed by atoms with Crippen LogP contribution in [0, 0.1) is 34.5 Å². The molecule has 0 aromatic heterocycles. The number of fused-ring (bicyclic) bond motifs is 5. The number of ether oxygens (including phenoxy) is 1. The fourth-order valence-electron chi connectivity index (χ4n) is 8.29. The summed E-state index contributed by atoms with van der Waals surface area (Å²) in [6.45, 7) is 8.01. The van der Waals surface area contributed by atoms with Gasteiger partial charge in [-0.25, -0.2) is 0 Å². The molecular weight excluding hydrogens is 420 g/mol. The first-order valence-corrected chi connectivity index (χ1v) is 12.9. The fourth-order valence-corrected chi connectivity index (χ4v) is 8.29. The molecule has 184 valence electrons. The second-order valence-corrected chi connectivity index (χ2v) is 11.7. The summed E-state index contributed by atoms with van der Waals surface area (Å²) in [6.07, 6.45) is 6.68. The lowest BCUT2D eigenvalue weighted by Gasteiger charge is -2.60. The van der Waals surface area contributed by atoms with Crippen molar-refractivity contribution in [1.82, 2.24) is 0 Å². The van der Waals surface area contributed by atoms with E-state index in [0.29, 0.717) is 31.1 Å². The van der Waals surface area contributed by atoms with Crippen LogP contribution in [0.4, 0.5) is 0 Å². The van der Waals surface area contributed by atoms with Crippen molar-refractivity contribution in [2.75, 3.05) is 6.61 Å². The largest absolute Gasteiger partial charge is 0.504 e. The Morgan fingerprint density at radius 1 is 1.12 bits per heavy atom. The molecule has 0 unspecified atom stereocenters. The lowest BCUT2D eigenvalue weighted by Crippen LogP contribution is -2.59. The zero-order valence-corrected chi connectivity index (χ0v) is 20.6. The van der Waals surface area contributed by atoms with E-state index in [0.717, 1.165) is 50.5 Å². The van der Waals surface area contributed by atoms with Gasteiger partial charge >= 0.3 is 5.97 Å². The van der Waals surface area contributed by atoms with Gasteiger partial charge in [0.25, 0.3) is 0 Å². The predicted octanol–water partition coefficient (Wildman–Crippen LogP) is 4.68. The van der Waals surface area contributed by atoms with Crippen molar-refractivity contribution in [1.29, 1.82) is 0 Å². The van der Waals surface area contributed by atoms with Crippen molar-refractivity contribution in [3.05, 3.63) is 11.3 Å². The minimum atomic E-state index is -1.47. The molecule has 0 heterocycles. The molecule has 2 N–H and O–H groups in total. The second-order valence-electron chi connectivity index (χ2n) is 11.7. The van der Waals surface area contributed by atoms with Gasteiger partial charge in [0.1, 0.15) is 5.60 Å². The minimum absolute atomic E-state index is 0.00831. The quantitative estimate of drug-likeness (QED) is 0.558. The third-order valence-electron chi connectivity index (χ3n) is 10.1. The average molecular weight is 461 g/mol. The van der Waals surface area contributed by atoms with Crippen LogP contribution in [0.5, 0.6) is 0 Å². The number of hydrogen-bond donors (Lipinski definition) is 2. The van der Waals surface area contributed by atoms with Gasteiger partial charge in [0, 0.05) is 18.3 Å². The summed E-state index contributed by atoms with van der Waals surface area (Å²) in [6, 6.07) is 0. The number of carbonyl (C=O) groups excluding carboxylic acids is 3. The van der Waals surface area contributed by atoms with Gasteiger partial charge in [0.2, 0.25) is 5.78 Å². The summed E-state index contributed by atoms with van der Waals surface area (Å²) >= 11 is 0. The Bertz CT molecular complexity index is 876. The molecule has 3 saturated carbocycles. The molecule has 0 aromatic rings. The molecule has 0 aromatic carbocycles. The monoisotopic (exact) mass is 460 g/mol. The molecule has 0 radical (unpaired) electrons. The summed E-state index contributed by atoms with van der Waals surface area (Å²) < 4.78 is 5.23. The number of unbranched alkanes of at least 4 members (excludes halogenated alkanes) is 1. The number of allylic oxidation sites excluding steroid dienone is 1. The minimum Gasteiger partial charge on any atom is -0.504 e. The molecular formula is C27H40O6. The van der Waals surface area contributed by atoms with E-state index >= 15 is 0 Å². The van der Waals surface area contributed by atoms with Crippen molar-refractivity contribution in [3.8, 4) is 0 Å². The maximum Gasteiger partial charge on any atom is 0.306 e. The highest BCUT2D eigenvalue weighted by atomic mass is 16.5. The maximum atomic E-state index is 13.2. The van der Waals surface area contributed by atoms with Crippen LogP contribution in [0.3, 0.4) is 0 Å². The van der Waals surface area contributed by atoms with E-state index in [-0.39, 0.29) is 47.2 Å². The molecule has 0 spiro atoms. The molecule has 4 aliphatic carbocycles. The van der Waals surface area contributed by atoms with Crippen LogP contribution in [0.2, 0.25) is 0 Å². The van der Waals surface area contributed by atoms with E-state index in [2.05, 4.69) is 20.8 Å². The highest BCUT2D eigenvalue weighted by Crippen LogP contribution is 2.68. The summed E-state index contributed by atoms with van der Waals surface area (Å²) in [4.78, 5) is 37.4. The van der Waals surface area contributed by atoms with E-state index in [1.165, 1.54) is 0 Å². The van der Waals surface area contributed by atoms with Crippen molar-refractivity contribution in [2.45, 2.75) is 97.5 Å². The summed E-state index contributed by atoms with van der Waals surface area (Å²) in [7, 11) is 0. The van der Waals surface area contributed by atoms with E-state index in [4.69, 9.17) is 4.74 Å². The SMILES string of the molecule is CCCCC(=O)OCC(=O)[C@@]1(O)CC[C@H]2[C@@H]3C[C@H](C)C4=C(O)C(=O)CC[C@]4(C)[C@H]3CC[C@@]21C. The molecule has 6 nitrogen and oxygen atoms in total. The molecule has 4 rings (SSSR count). The maximum absolute atomic E-state index is 13.2. The first-order chi connectivity index (χ1) is 15.5. The van der Waals surface area contributed by atoms with Gasteiger partial charge in [-0.05, 0) is 79.6 Å². The Kier molecular flexibility index (Phi) is 6.30. The molecule has 0 aliphatic heterocycles. The van der Waals surface area contributed by atoms with E-state index < -0.39 is 11.0 Å². The Balaban J connectivity index is 1.56. The number of rotatable bonds is 6. The zero-order valence-electron chi connectivity index (χ0n) is 20.6. The zero-order chi connectivity index (χ0) is 24.2. The lowest BCUT2D eigenvalue weighted by atomic mass is 9.44. The average Bonchev–Trinajstić information content (AvgIpc) is 3.05. The number of Topliss-reactive ketones (excluding diaryl/α,β-unsaturated/α-hetero) is 2. The summed E-state index contributed by atoms with van der Waals surface area (Å²) in [5.74, 6) is 0.0791. The number of aliphatic hydroxyl groups excluding tert-OH is 1. The highest BCUT2D eigenvalue weighted by molar-refractivity contribution is 5.95. The van der Waals surface area contributed by atoms with Gasteiger partial charge in [-0.2, -0.15) is 0 Å². The van der Waals surface area contributed by atoms with Gasteiger partial charge < -0.3 is 14.9 Å². The number of carbonyl (C=O) groups is 3. The normalized spacial score (nSPS) is 42.4. The fraction of sp³-hybridized carbons (Fsp3) is 0.815. The molecule has 0 bridgehead atoms. The van der Waals surface area contributed by atoms with E-state index in [9.17, 15) is 24.6 Å². The van der Waals surface area contributed by atoms with Gasteiger partial charge in [-0.1, -0.05) is 34.1 Å². The number of aliphatic hydroxyl groups is 2. The first kappa shape index (κ1) is 24.4. The standard InChI is InChI=1S/C27H40O6/c1-5-6-7-22(30)33-15-21(29)27(32)13-9-19-17-14-16(2)23-24(31)20(28)10-11-25(23,3)18(17)8-12-26(19,27)4/h16-19,31-32H,5-15H2,1-4H3/t16-,17+,18-,19-,25+,26-,27-/m0/s1. The Hall–Kier alpha value is -1.69. The second kappa shape index (κ2) is 8.51. The summed E-state index contributed by atoms with van der Waals surface area (Å²) in [5.41, 5.74) is -1.29. The molecule has 0 amide bonds. The van der Waals surface area contributed by atoms with E-state index in [1.807, 2.05) is 6.92 Å². The van der Waals surface area contributed by atoms with Crippen LogP contribution in [-0.4, -0.2) is 40.0 Å². The highest BCUT2D eigenvalue weighted by Gasteiger charge is 2.67. The summed E-state index contributed by atoms with van der Waals surface area (Å²) in [5, 5.41) is 22.4. The van der Waals surface area contributed by atoms with Gasteiger partial charge in [-0.3, -0.25) is 14.4 Å². The van der Waals surface area contributed by atoms with Crippen LogP contribution in [0.15, 0.2) is 11.3 Å². The topological polar surface area (TPSA) is 101 Å². The van der Waals surface area contributed by atoms with Crippen LogP contribution < -0.4 is 0 Å². The third kappa shape index (κ3) is 3.59. The van der Waals surface area contributed by atoms with E-state index in [1.54, 1.807) is 0 Å². The van der Waals surface area contributed by atoms with Gasteiger partial charge in [-0.15, -0.1) is 0 Å². The smallest absolute Gasteiger partial charge is 0.306 e. The van der Waals surface area contributed by atoms with Crippen LogP contribution in [-0.2, 0) is 19.1 Å². The lowest BCUT2D eigenvalue weighted by molar-refractivity contribution is -0.170. The molecule has 0 saturated heterocycles. The molecule has 33 heavy (non-hydrogen) atoms. The molecule has 3 fully saturated rings. The number of hydrogen-bond acceptors (Lipinski definition) is 6. The Morgan fingerprint density at radius 2 is 1.82 bits per heavy atom. The molecule has 4 aliphatic rings. The number of esters is 1. The van der Waals surface area contributed by atoms with Crippen molar-refractivity contribution in [2.24, 2.45) is 34.5 Å². The van der Waals surface area contributed by atoms with Crippen molar-refractivity contribution < 1.29 is 29.3 Å².